The average Bonchev–Trinajstić information content (AvgIpc) is 3.66. The lowest BCUT2D eigenvalue weighted by Crippen LogP contribution is -2.10. The minimum Gasteiger partial charge on any atom is -0.456 e. The summed E-state index contributed by atoms with van der Waals surface area (Å²) in [6.45, 7) is 0. The third-order valence-corrected chi connectivity index (χ3v) is 10.2. The summed E-state index contributed by atoms with van der Waals surface area (Å²) in [7, 11) is 0. The number of fused-ring (bicyclic) bond motifs is 5. The molecule has 0 fully saturated rings. The van der Waals surface area contributed by atoms with Gasteiger partial charge in [0.25, 0.3) is 0 Å². The molecule has 0 spiro atoms. The Bertz CT molecular complexity index is 2880. The fourth-order valence-electron chi connectivity index (χ4n) is 7.65. The van der Waals surface area contributed by atoms with Crippen LogP contribution in [-0.2, 0) is 0 Å². The molecule has 1 heterocycles. The van der Waals surface area contributed by atoms with Gasteiger partial charge >= 0.3 is 0 Å². The highest BCUT2D eigenvalue weighted by molar-refractivity contribution is 6.08. The van der Waals surface area contributed by atoms with Crippen molar-refractivity contribution >= 4 is 60.3 Å². The van der Waals surface area contributed by atoms with Crippen molar-refractivity contribution in [2.45, 2.75) is 0 Å². The van der Waals surface area contributed by atoms with Gasteiger partial charge in [0, 0.05) is 28.0 Å². The van der Waals surface area contributed by atoms with Gasteiger partial charge in [-0.1, -0.05) is 146 Å². The molecule has 0 atom stereocenters. The second-order valence-electron chi connectivity index (χ2n) is 13.4. The first-order valence-corrected chi connectivity index (χ1v) is 17.7. The number of hydrogen-bond donors (Lipinski definition) is 0. The van der Waals surface area contributed by atoms with Crippen LogP contribution in [-0.4, -0.2) is 0 Å². The quantitative estimate of drug-likeness (QED) is 0.165. The van der Waals surface area contributed by atoms with Gasteiger partial charge in [0.05, 0.1) is 0 Å². The monoisotopic (exact) mass is 663 g/mol. The zero-order valence-corrected chi connectivity index (χ0v) is 28.4. The van der Waals surface area contributed by atoms with Gasteiger partial charge in [-0.15, -0.1) is 0 Å². The molecule has 2 nitrogen and oxygen atoms in total. The molecule has 0 N–H and O–H groups in total. The minimum absolute atomic E-state index is 0.854. The van der Waals surface area contributed by atoms with Crippen LogP contribution in [0.25, 0.3) is 76.9 Å². The topological polar surface area (TPSA) is 16.4 Å². The molecular formula is C50H33NO. The van der Waals surface area contributed by atoms with E-state index in [2.05, 4.69) is 187 Å². The lowest BCUT2D eigenvalue weighted by Gasteiger charge is -2.27. The maximum atomic E-state index is 6.32. The van der Waals surface area contributed by atoms with E-state index in [1.807, 2.05) is 18.2 Å². The molecule has 1 aromatic heterocycles. The van der Waals surface area contributed by atoms with Gasteiger partial charge in [-0.3, -0.25) is 0 Å². The van der Waals surface area contributed by atoms with E-state index in [1.54, 1.807) is 0 Å². The normalized spacial score (nSPS) is 11.5. The van der Waals surface area contributed by atoms with Gasteiger partial charge in [0.2, 0.25) is 0 Å². The molecule has 9 aromatic carbocycles. The molecule has 0 radical (unpaired) electrons. The summed E-state index contributed by atoms with van der Waals surface area (Å²) in [5.41, 5.74) is 9.90. The highest BCUT2D eigenvalue weighted by Gasteiger charge is 2.17. The van der Waals surface area contributed by atoms with Gasteiger partial charge in [0.15, 0.2) is 0 Å². The second-order valence-corrected chi connectivity index (χ2v) is 13.4. The van der Waals surface area contributed by atoms with Gasteiger partial charge in [0.1, 0.15) is 11.3 Å². The Balaban J connectivity index is 1.08. The molecule has 10 aromatic rings. The SMILES string of the molecule is c1cc(-c2cc3ccccc3o2)cc(N(c2ccc(-c3ccc4c(ccc5ccccc54)c3)cc2)c2cccc(-c3cccc4ccccc34)c2)c1. The van der Waals surface area contributed by atoms with E-state index in [1.165, 1.54) is 54.6 Å². The van der Waals surface area contributed by atoms with Crippen LogP contribution in [0.4, 0.5) is 17.1 Å². The Morgan fingerprint density at radius 1 is 0.308 bits per heavy atom. The van der Waals surface area contributed by atoms with Crippen LogP contribution in [0.2, 0.25) is 0 Å². The van der Waals surface area contributed by atoms with E-state index >= 15 is 0 Å². The average molecular weight is 664 g/mol. The first-order chi connectivity index (χ1) is 25.7. The number of anilines is 3. The van der Waals surface area contributed by atoms with E-state index in [0.29, 0.717) is 0 Å². The summed E-state index contributed by atoms with van der Waals surface area (Å²) in [5.74, 6) is 0.854. The van der Waals surface area contributed by atoms with Gasteiger partial charge in [-0.05, 0) is 109 Å². The van der Waals surface area contributed by atoms with Gasteiger partial charge in [-0.2, -0.15) is 0 Å². The fourth-order valence-corrected chi connectivity index (χ4v) is 7.65. The summed E-state index contributed by atoms with van der Waals surface area (Å²) < 4.78 is 6.32. The van der Waals surface area contributed by atoms with Crippen LogP contribution in [0.3, 0.4) is 0 Å². The van der Waals surface area contributed by atoms with E-state index in [4.69, 9.17) is 4.42 Å². The molecular weight excluding hydrogens is 631 g/mol. The van der Waals surface area contributed by atoms with Crippen LogP contribution in [0.1, 0.15) is 0 Å². The molecule has 0 aliphatic rings. The Labute approximate surface area is 302 Å². The van der Waals surface area contributed by atoms with Crippen LogP contribution in [0.5, 0.6) is 0 Å². The number of rotatable bonds is 6. The van der Waals surface area contributed by atoms with Crippen molar-refractivity contribution in [2.75, 3.05) is 4.90 Å². The maximum Gasteiger partial charge on any atom is 0.135 e. The lowest BCUT2D eigenvalue weighted by atomic mass is 9.97. The van der Waals surface area contributed by atoms with Gasteiger partial charge < -0.3 is 9.32 Å². The largest absolute Gasteiger partial charge is 0.456 e. The third kappa shape index (κ3) is 5.30. The van der Waals surface area contributed by atoms with E-state index in [-0.39, 0.29) is 0 Å². The van der Waals surface area contributed by atoms with E-state index in [9.17, 15) is 0 Å². The van der Waals surface area contributed by atoms with Crippen LogP contribution >= 0.6 is 0 Å². The molecule has 0 amide bonds. The number of para-hydroxylation sites is 1. The third-order valence-electron chi connectivity index (χ3n) is 10.2. The first-order valence-electron chi connectivity index (χ1n) is 17.7. The van der Waals surface area contributed by atoms with Crippen molar-refractivity contribution < 1.29 is 4.42 Å². The highest BCUT2D eigenvalue weighted by Crippen LogP contribution is 2.41. The van der Waals surface area contributed by atoms with E-state index in [0.717, 1.165) is 39.4 Å². The smallest absolute Gasteiger partial charge is 0.135 e. The molecule has 0 unspecified atom stereocenters. The lowest BCUT2D eigenvalue weighted by molar-refractivity contribution is 0.631. The predicted molar refractivity (Wildman–Crippen MR) is 220 cm³/mol. The van der Waals surface area contributed by atoms with Crippen molar-refractivity contribution in [1.82, 2.24) is 0 Å². The molecule has 0 saturated heterocycles. The molecule has 52 heavy (non-hydrogen) atoms. The summed E-state index contributed by atoms with van der Waals surface area (Å²) in [4.78, 5) is 2.34. The van der Waals surface area contributed by atoms with Crippen LogP contribution in [0, 0.1) is 0 Å². The molecule has 10 rings (SSSR count). The number of furan rings is 1. The summed E-state index contributed by atoms with van der Waals surface area (Å²) >= 11 is 0. The van der Waals surface area contributed by atoms with E-state index < -0.39 is 0 Å². The molecule has 0 aliphatic heterocycles. The Hall–Kier alpha value is -6.90. The highest BCUT2D eigenvalue weighted by atomic mass is 16.3. The molecule has 0 aliphatic carbocycles. The zero-order valence-electron chi connectivity index (χ0n) is 28.4. The van der Waals surface area contributed by atoms with Crippen LogP contribution in [0.15, 0.2) is 205 Å². The fraction of sp³-hybridized carbons (Fsp3) is 0. The standard InChI is InChI=1S/C50H33NO/c1-4-18-45-35(10-1)13-9-20-47(45)38-14-7-16-43(31-38)51(44-17-8-15-40(32-44)50-33-41-12-3-6-21-49(41)52-50)42-27-24-34(25-28-42)37-26-29-48-39(30-37)23-22-36-11-2-5-19-46(36)48/h1-33H. The van der Waals surface area contributed by atoms with Crippen molar-refractivity contribution in [1.29, 1.82) is 0 Å². The van der Waals surface area contributed by atoms with Crippen molar-refractivity contribution in [3.8, 4) is 33.6 Å². The van der Waals surface area contributed by atoms with Crippen molar-refractivity contribution in [2.24, 2.45) is 0 Å². The Morgan fingerprint density at radius 2 is 0.904 bits per heavy atom. The Kier molecular flexibility index (Phi) is 7.18. The molecule has 0 bridgehead atoms. The first kappa shape index (κ1) is 30.0. The number of nitrogens with zero attached hydrogens (tertiary/aromatic N) is 1. The summed E-state index contributed by atoms with van der Waals surface area (Å²) in [6, 6.07) is 71.8. The molecule has 2 heteroatoms. The number of benzene rings is 9. The minimum atomic E-state index is 0.854. The van der Waals surface area contributed by atoms with Crippen LogP contribution < -0.4 is 4.90 Å². The molecule has 244 valence electrons. The maximum absolute atomic E-state index is 6.32. The van der Waals surface area contributed by atoms with Crippen molar-refractivity contribution in [3.05, 3.63) is 200 Å². The summed E-state index contributed by atoms with van der Waals surface area (Å²) in [6.07, 6.45) is 0. The predicted octanol–water partition coefficient (Wildman–Crippen LogP) is 14.4. The zero-order chi connectivity index (χ0) is 34.4. The number of hydrogen-bond acceptors (Lipinski definition) is 2. The van der Waals surface area contributed by atoms with Crippen molar-refractivity contribution in [3.63, 3.8) is 0 Å². The van der Waals surface area contributed by atoms with Gasteiger partial charge in [-0.25, -0.2) is 0 Å². The molecule has 0 saturated carbocycles. The second kappa shape index (κ2) is 12.5. The summed E-state index contributed by atoms with van der Waals surface area (Å²) in [5, 5.41) is 8.65. The Morgan fingerprint density at radius 3 is 1.71 bits per heavy atom.